The average Bonchev–Trinajstić information content (AvgIpc) is 3.31. The zero-order chi connectivity index (χ0) is 34.3. The lowest BCUT2D eigenvalue weighted by molar-refractivity contribution is -0.129. The lowest BCUT2D eigenvalue weighted by atomic mass is 9.79. The fourth-order valence-electron chi connectivity index (χ4n) is 4.19. The Hall–Kier alpha value is -1.53. The standard InChI is InChI=1S/C26H49N5O5S/c1-21(28-12-8-14-35-16-18-36-17-15-34-13-7-11-27)19-31(4)23(32)10-6-5-9-22-26(3)25(2,20-37-22)29-24(33)30-26/h22,28H,1,5-20,27H2,2-4H3,(H2,29,30,33)/t22-,25-,26+/m0/s1/i7D2,8D2,13D2,14D2. The molecule has 0 aromatic carbocycles. The molecule has 0 radical (unpaired) electrons. The van der Waals surface area contributed by atoms with Crippen molar-refractivity contribution in [2.45, 2.75) is 68.6 Å². The van der Waals surface area contributed by atoms with E-state index in [0.717, 1.165) is 18.6 Å². The van der Waals surface area contributed by atoms with Gasteiger partial charge in [0.15, 0.2) is 0 Å². The van der Waals surface area contributed by atoms with Gasteiger partial charge in [-0.15, -0.1) is 0 Å². The lowest BCUT2D eigenvalue weighted by Gasteiger charge is -2.35. The molecule has 2 saturated heterocycles. The Morgan fingerprint density at radius 2 is 1.86 bits per heavy atom. The molecule has 3 atom stereocenters. The molecule has 37 heavy (non-hydrogen) atoms. The molecule has 2 aliphatic rings. The molecule has 214 valence electrons. The van der Waals surface area contributed by atoms with Crippen LogP contribution in [0.3, 0.4) is 0 Å². The van der Waals surface area contributed by atoms with Gasteiger partial charge in [0.1, 0.15) is 0 Å². The van der Waals surface area contributed by atoms with Crippen LogP contribution in [0.25, 0.3) is 0 Å². The van der Waals surface area contributed by atoms with E-state index in [1.54, 1.807) is 7.05 Å². The van der Waals surface area contributed by atoms with Gasteiger partial charge in [-0.05, 0) is 46.0 Å². The van der Waals surface area contributed by atoms with Gasteiger partial charge < -0.3 is 40.8 Å². The molecule has 3 amide bonds. The maximum Gasteiger partial charge on any atom is 0.315 e. The number of hydrogen-bond donors (Lipinski definition) is 4. The van der Waals surface area contributed by atoms with Crippen LogP contribution in [0.5, 0.6) is 0 Å². The van der Waals surface area contributed by atoms with Crippen LogP contribution in [0, 0.1) is 0 Å². The number of nitrogens with zero attached hydrogens (tertiary/aromatic N) is 1. The van der Waals surface area contributed by atoms with Gasteiger partial charge in [0.05, 0.1) is 49.5 Å². The Bertz CT molecular complexity index is 1050. The normalized spacial score (nSPS) is 29.2. The van der Waals surface area contributed by atoms with Crippen molar-refractivity contribution in [1.82, 2.24) is 20.9 Å². The van der Waals surface area contributed by atoms with E-state index in [2.05, 4.69) is 36.4 Å². The lowest BCUT2D eigenvalue weighted by Crippen LogP contribution is -2.58. The Kier molecular flexibility index (Phi) is 9.47. The maximum atomic E-state index is 12.7. The van der Waals surface area contributed by atoms with Gasteiger partial charge >= 0.3 is 6.03 Å². The second-order valence-corrected chi connectivity index (χ2v) is 10.6. The highest BCUT2D eigenvalue weighted by Gasteiger charge is 2.60. The number of likely N-dealkylation sites (N-methyl/N-ethyl adjacent to an activating group) is 1. The van der Waals surface area contributed by atoms with Crippen molar-refractivity contribution in [3.8, 4) is 0 Å². The Morgan fingerprint density at radius 1 is 1.19 bits per heavy atom. The first kappa shape index (κ1) is 21.3. The van der Waals surface area contributed by atoms with E-state index >= 15 is 0 Å². The minimum absolute atomic E-state index is 0.0924. The summed E-state index contributed by atoms with van der Waals surface area (Å²) in [6.07, 6.45) is -2.12. The molecule has 2 heterocycles. The second kappa shape index (κ2) is 16.4. The van der Waals surface area contributed by atoms with Crippen LogP contribution in [0.2, 0.25) is 0 Å². The van der Waals surface area contributed by atoms with E-state index in [-0.39, 0.29) is 61.2 Å². The summed E-state index contributed by atoms with van der Waals surface area (Å²) in [5.74, 6) is 0.742. The number of fused-ring (bicyclic) bond motifs is 1. The molecule has 0 spiro atoms. The van der Waals surface area contributed by atoms with E-state index in [4.69, 9.17) is 30.9 Å². The van der Waals surface area contributed by atoms with Crippen LogP contribution in [0.4, 0.5) is 4.79 Å². The molecule has 2 fully saturated rings. The molecule has 2 rings (SSSR count). The summed E-state index contributed by atoms with van der Waals surface area (Å²) in [5, 5.41) is 9.11. The molecule has 0 aliphatic carbocycles. The highest BCUT2D eigenvalue weighted by molar-refractivity contribution is 8.00. The number of thioether (sulfide) groups is 1. The van der Waals surface area contributed by atoms with Crippen LogP contribution < -0.4 is 21.7 Å². The quantitative estimate of drug-likeness (QED) is 0.126. The summed E-state index contributed by atoms with van der Waals surface area (Å²) in [6, 6.07) is -0.141. The third kappa shape index (κ3) is 10.3. The first-order valence-electron chi connectivity index (χ1n) is 16.6. The van der Waals surface area contributed by atoms with Crippen molar-refractivity contribution in [1.29, 1.82) is 0 Å². The highest BCUT2D eigenvalue weighted by atomic mass is 32.2. The van der Waals surface area contributed by atoms with Crippen molar-refractivity contribution in [2.24, 2.45) is 5.73 Å². The average molecular weight is 552 g/mol. The van der Waals surface area contributed by atoms with Crippen LogP contribution in [-0.2, 0) is 19.0 Å². The largest absolute Gasteiger partial charge is 0.387 e. The van der Waals surface area contributed by atoms with Crippen LogP contribution >= 0.6 is 11.8 Å². The predicted molar refractivity (Wildman–Crippen MR) is 149 cm³/mol. The molecular weight excluding hydrogens is 494 g/mol. The number of rotatable bonds is 21. The second-order valence-electron chi connectivity index (χ2n) is 9.44. The fraction of sp³-hybridized carbons (Fsp3) is 0.846. The number of hydrogen-bond acceptors (Lipinski definition) is 8. The molecular formula is C26H49N5O5S. The summed E-state index contributed by atoms with van der Waals surface area (Å²) in [7, 11) is 1.62. The Morgan fingerprint density at radius 3 is 2.57 bits per heavy atom. The SMILES string of the molecule is [2H]C([2H])(CN)C([2H])([2H])OCCOCCOC([2H])([2H])C([2H])([2H])CNC(=C)CN(C)C(=O)CCCC[C@@H]1SC[C@]2(C)NC(=O)N[C@]12C. The summed E-state index contributed by atoms with van der Waals surface area (Å²) in [6.45, 7) is 0.913. The van der Waals surface area contributed by atoms with Crippen molar-refractivity contribution in [3.63, 3.8) is 0 Å². The third-order valence-electron chi connectivity index (χ3n) is 6.56. The highest BCUT2D eigenvalue weighted by Crippen LogP contribution is 2.47. The fourth-order valence-corrected chi connectivity index (χ4v) is 6.09. The van der Waals surface area contributed by atoms with E-state index < -0.39 is 39.0 Å². The van der Waals surface area contributed by atoms with Gasteiger partial charge in [-0.1, -0.05) is 13.0 Å². The molecule has 11 heteroatoms. The van der Waals surface area contributed by atoms with Crippen molar-refractivity contribution in [2.75, 3.05) is 72.0 Å². The zero-order valence-electron chi connectivity index (χ0n) is 30.2. The van der Waals surface area contributed by atoms with Gasteiger partial charge in [0.25, 0.3) is 0 Å². The van der Waals surface area contributed by atoms with Gasteiger partial charge in [0.2, 0.25) is 5.91 Å². The van der Waals surface area contributed by atoms with Crippen LogP contribution in [0.15, 0.2) is 12.3 Å². The third-order valence-corrected chi connectivity index (χ3v) is 8.42. The smallest absolute Gasteiger partial charge is 0.315 e. The Labute approximate surface area is 238 Å². The first-order chi connectivity index (χ1) is 20.6. The summed E-state index contributed by atoms with van der Waals surface area (Å²) in [4.78, 5) is 26.1. The predicted octanol–water partition coefficient (Wildman–Crippen LogP) is 1.84. The molecule has 0 saturated carbocycles. The summed E-state index contributed by atoms with van der Waals surface area (Å²) < 4.78 is 77.7. The monoisotopic (exact) mass is 551 g/mol. The van der Waals surface area contributed by atoms with Gasteiger partial charge in [-0.2, -0.15) is 11.8 Å². The van der Waals surface area contributed by atoms with E-state index in [0.29, 0.717) is 18.5 Å². The number of ether oxygens (including phenoxy) is 3. The minimum Gasteiger partial charge on any atom is -0.387 e. The number of nitrogens with two attached hydrogens (primary N) is 1. The number of nitrogens with one attached hydrogen (secondary N) is 3. The van der Waals surface area contributed by atoms with Crippen molar-refractivity contribution >= 4 is 23.7 Å². The maximum absolute atomic E-state index is 12.7. The van der Waals surface area contributed by atoms with Gasteiger partial charge in [-0.3, -0.25) is 4.79 Å². The molecule has 0 bridgehead atoms. The van der Waals surface area contributed by atoms with E-state index in [9.17, 15) is 9.59 Å². The molecule has 0 aromatic rings. The van der Waals surface area contributed by atoms with E-state index in [1.165, 1.54) is 4.90 Å². The first-order valence-corrected chi connectivity index (χ1v) is 13.6. The number of amides is 3. The van der Waals surface area contributed by atoms with Crippen molar-refractivity contribution < 1.29 is 34.8 Å². The van der Waals surface area contributed by atoms with E-state index in [1.807, 2.05) is 11.8 Å². The van der Waals surface area contributed by atoms with Crippen LogP contribution in [-0.4, -0.2) is 105 Å². The number of urea groups is 1. The summed E-state index contributed by atoms with van der Waals surface area (Å²) in [5.41, 5.74) is 4.94. The van der Waals surface area contributed by atoms with Crippen LogP contribution in [0.1, 0.15) is 63.2 Å². The minimum atomic E-state index is -2.69. The number of carbonyl (C=O) groups excluding carboxylic acids is 2. The van der Waals surface area contributed by atoms with Gasteiger partial charge in [-0.25, -0.2) is 4.79 Å². The number of carbonyl (C=O) groups is 2. The molecule has 10 nitrogen and oxygen atoms in total. The van der Waals surface area contributed by atoms with Crippen molar-refractivity contribution in [3.05, 3.63) is 12.3 Å². The summed E-state index contributed by atoms with van der Waals surface area (Å²) >= 11 is 1.83. The number of unbranched alkanes of at least 4 members (excludes halogenated alkanes) is 1. The Balaban J connectivity index is 1.63. The zero-order valence-corrected chi connectivity index (χ0v) is 23.1. The topological polar surface area (TPSA) is 127 Å². The molecule has 0 unspecified atom stereocenters. The molecule has 0 aromatic heterocycles. The van der Waals surface area contributed by atoms with Gasteiger partial charge in [0, 0.05) is 55.3 Å². The molecule has 2 aliphatic heterocycles. The molecule has 5 N–H and O–H groups in total.